The zero-order chi connectivity index (χ0) is 16.9. The second-order valence-electron chi connectivity index (χ2n) is 5.93. The molecule has 0 radical (unpaired) electrons. The summed E-state index contributed by atoms with van der Waals surface area (Å²) in [7, 11) is -3.10. The van der Waals surface area contributed by atoms with E-state index in [0.29, 0.717) is 5.69 Å². The SMILES string of the molecule is CC(OC1CCCCC1)C(=O)O.O=S1(=O)Cc2ccc(cc2)N1. The normalized spacial score (nSPS) is 20.6. The van der Waals surface area contributed by atoms with Crippen molar-refractivity contribution in [3.63, 3.8) is 0 Å². The van der Waals surface area contributed by atoms with Gasteiger partial charge in [0.05, 0.1) is 11.9 Å². The van der Waals surface area contributed by atoms with Gasteiger partial charge in [-0.1, -0.05) is 31.4 Å². The van der Waals surface area contributed by atoms with E-state index in [4.69, 9.17) is 9.84 Å². The number of anilines is 1. The van der Waals surface area contributed by atoms with Gasteiger partial charge in [-0.25, -0.2) is 13.2 Å². The number of carbonyl (C=O) groups is 1. The van der Waals surface area contributed by atoms with Crippen molar-refractivity contribution in [1.82, 2.24) is 0 Å². The summed E-state index contributed by atoms with van der Waals surface area (Å²) < 4.78 is 30.0. The summed E-state index contributed by atoms with van der Waals surface area (Å²) in [6.07, 6.45) is 5.21. The van der Waals surface area contributed by atoms with Crippen molar-refractivity contribution in [2.24, 2.45) is 0 Å². The molecule has 1 aliphatic carbocycles. The van der Waals surface area contributed by atoms with E-state index in [1.165, 1.54) is 19.3 Å². The molecule has 23 heavy (non-hydrogen) atoms. The largest absolute Gasteiger partial charge is 0.479 e. The van der Waals surface area contributed by atoms with Crippen LogP contribution in [-0.2, 0) is 25.3 Å². The Morgan fingerprint density at radius 3 is 2.39 bits per heavy atom. The number of benzene rings is 1. The fourth-order valence-corrected chi connectivity index (χ4v) is 3.85. The lowest BCUT2D eigenvalue weighted by Gasteiger charge is -2.23. The van der Waals surface area contributed by atoms with Crippen molar-refractivity contribution in [3.8, 4) is 0 Å². The highest BCUT2D eigenvalue weighted by molar-refractivity contribution is 7.91. The number of hydrogen-bond donors (Lipinski definition) is 2. The Morgan fingerprint density at radius 2 is 1.83 bits per heavy atom. The highest BCUT2D eigenvalue weighted by Gasteiger charge is 2.20. The van der Waals surface area contributed by atoms with Crippen molar-refractivity contribution in [1.29, 1.82) is 0 Å². The number of sulfonamides is 1. The van der Waals surface area contributed by atoms with E-state index in [9.17, 15) is 13.2 Å². The van der Waals surface area contributed by atoms with Crippen LogP contribution < -0.4 is 4.72 Å². The van der Waals surface area contributed by atoms with Crippen LogP contribution in [0.2, 0.25) is 0 Å². The summed E-state index contributed by atoms with van der Waals surface area (Å²) in [4.78, 5) is 10.4. The molecule has 2 heterocycles. The molecule has 1 fully saturated rings. The quantitative estimate of drug-likeness (QED) is 0.882. The fraction of sp³-hybridized carbons (Fsp3) is 0.562. The van der Waals surface area contributed by atoms with Crippen molar-refractivity contribution >= 4 is 21.7 Å². The predicted molar refractivity (Wildman–Crippen MR) is 87.7 cm³/mol. The lowest BCUT2D eigenvalue weighted by Crippen LogP contribution is -2.27. The Morgan fingerprint density at radius 1 is 1.22 bits per heavy atom. The van der Waals surface area contributed by atoms with Crippen LogP contribution in [0.15, 0.2) is 24.3 Å². The van der Waals surface area contributed by atoms with Gasteiger partial charge in [-0.2, -0.15) is 0 Å². The van der Waals surface area contributed by atoms with Gasteiger partial charge < -0.3 is 9.84 Å². The number of aliphatic carboxylic acids is 1. The van der Waals surface area contributed by atoms with Crippen molar-refractivity contribution in [2.75, 3.05) is 4.72 Å². The van der Waals surface area contributed by atoms with E-state index < -0.39 is 22.1 Å². The first-order valence-corrected chi connectivity index (χ1v) is 9.48. The minimum absolute atomic E-state index is 0.0868. The smallest absolute Gasteiger partial charge is 0.332 e. The topological polar surface area (TPSA) is 92.7 Å². The van der Waals surface area contributed by atoms with Crippen molar-refractivity contribution < 1.29 is 23.1 Å². The zero-order valence-electron chi connectivity index (χ0n) is 13.2. The van der Waals surface area contributed by atoms with Crippen molar-refractivity contribution in [3.05, 3.63) is 29.8 Å². The first kappa shape index (κ1) is 17.7. The highest BCUT2D eigenvalue weighted by atomic mass is 32.2. The zero-order valence-corrected chi connectivity index (χ0v) is 14.0. The molecule has 4 rings (SSSR count). The van der Waals surface area contributed by atoms with Crippen LogP contribution in [0.3, 0.4) is 0 Å². The summed E-state index contributed by atoms with van der Waals surface area (Å²) >= 11 is 0. The molecule has 6 nitrogen and oxygen atoms in total. The predicted octanol–water partition coefficient (Wildman–Crippen LogP) is 2.75. The molecule has 3 aliphatic rings. The van der Waals surface area contributed by atoms with Gasteiger partial charge in [-0.3, -0.25) is 4.72 Å². The maximum Gasteiger partial charge on any atom is 0.332 e. The van der Waals surface area contributed by atoms with Crippen LogP contribution in [0.4, 0.5) is 5.69 Å². The molecule has 1 aromatic rings. The lowest BCUT2D eigenvalue weighted by molar-refractivity contribution is -0.153. The Bertz CT molecular complexity index is 589. The maximum absolute atomic E-state index is 11.1. The molecular formula is C16H23NO5S. The molecule has 2 aliphatic heterocycles. The molecule has 1 aromatic carbocycles. The van der Waals surface area contributed by atoms with Gasteiger partial charge in [0.25, 0.3) is 0 Å². The minimum atomic E-state index is -3.10. The number of carboxylic acids is 1. The number of carboxylic acid groups (broad SMARTS) is 1. The van der Waals surface area contributed by atoms with E-state index in [2.05, 4.69) is 4.72 Å². The van der Waals surface area contributed by atoms with Crippen LogP contribution in [0, 0.1) is 0 Å². The molecule has 128 valence electrons. The van der Waals surface area contributed by atoms with Crippen LogP contribution in [0.25, 0.3) is 0 Å². The van der Waals surface area contributed by atoms with Crippen LogP contribution in [0.5, 0.6) is 0 Å². The van der Waals surface area contributed by atoms with E-state index in [1.807, 2.05) is 12.1 Å². The average Bonchev–Trinajstić information content (AvgIpc) is 2.74. The Kier molecular flexibility index (Phi) is 6.01. The molecule has 0 aromatic heterocycles. The third kappa shape index (κ3) is 5.84. The van der Waals surface area contributed by atoms with Crippen molar-refractivity contribution in [2.45, 2.75) is 57.0 Å². The highest BCUT2D eigenvalue weighted by Crippen LogP contribution is 2.21. The number of nitrogens with one attached hydrogen (secondary N) is 1. The van der Waals surface area contributed by atoms with Gasteiger partial charge >= 0.3 is 5.97 Å². The third-order valence-electron chi connectivity index (χ3n) is 3.88. The summed E-state index contributed by atoms with van der Waals surface area (Å²) in [6, 6.07) is 7.15. The van der Waals surface area contributed by atoms with Gasteiger partial charge in [0, 0.05) is 5.69 Å². The molecule has 2 bridgehead atoms. The summed E-state index contributed by atoms with van der Waals surface area (Å²) in [5.41, 5.74) is 1.48. The van der Waals surface area contributed by atoms with Crippen LogP contribution in [0.1, 0.15) is 44.6 Å². The third-order valence-corrected chi connectivity index (χ3v) is 5.14. The second kappa shape index (κ2) is 7.79. The van der Waals surface area contributed by atoms with E-state index in [0.717, 1.165) is 18.4 Å². The molecular weight excluding hydrogens is 318 g/mol. The van der Waals surface area contributed by atoms with Crippen LogP contribution in [-0.4, -0.2) is 31.7 Å². The first-order valence-electron chi connectivity index (χ1n) is 7.83. The number of ether oxygens (including phenoxy) is 1. The summed E-state index contributed by atoms with van der Waals surface area (Å²) in [6.45, 7) is 1.59. The molecule has 1 unspecified atom stereocenters. The van der Waals surface area contributed by atoms with Crippen LogP contribution >= 0.6 is 0 Å². The van der Waals surface area contributed by atoms with E-state index >= 15 is 0 Å². The Balaban J connectivity index is 0.000000167. The molecule has 1 atom stereocenters. The fourth-order valence-electron chi connectivity index (χ4n) is 2.65. The average molecular weight is 341 g/mol. The second-order valence-corrected chi connectivity index (χ2v) is 7.66. The maximum atomic E-state index is 11.1. The Labute approximate surface area is 136 Å². The van der Waals surface area contributed by atoms with Gasteiger partial charge in [0.2, 0.25) is 10.0 Å². The molecule has 0 amide bonds. The monoisotopic (exact) mass is 341 g/mol. The molecule has 7 heteroatoms. The van der Waals surface area contributed by atoms with E-state index in [1.54, 1.807) is 19.1 Å². The lowest BCUT2D eigenvalue weighted by atomic mass is 9.98. The van der Waals surface area contributed by atoms with Gasteiger partial charge in [-0.15, -0.1) is 0 Å². The minimum Gasteiger partial charge on any atom is -0.479 e. The van der Waals surface area contributed by atoms with Gasteiger partial charge in [-0.05, 0) is 37.5 Å². The number of hydrogen-bond acceptors (Lipinski definition) is 4. The summed E-state index contributed by atoms with van der Waals surface area (Å²) in [5.74, 6) is -0.774. The number of fused-ring (bicyclic) bond motifs is 4. The van der Waals surface area contributed by atoms with Gasteiger partial charge in [0.1, 0.15) is 0 Å². The molecule has 2 N–H and O–H groups in total. The Hall–Kier alpha value is -1.60. The summed E-state index contributed by atoms with van der Waals surface area (Å²) in [5, 5.41) is 8.59. The molecule has 0 saturated heterocycles. The standard InChI is InChI=1S/C9H16O3.C7H7NO2S/c1-7(9(10)11)12-8-5-3-2-4-6-8;9-11(10)5-6-1-3-7(8-11)4-2-6/h7-8H,2-6H2,1H3,(H,10,11);1-4,8H,5H2. The van der Waals surface area contributed by atoms with E-state index in [-0.39, 0.29) is 11.9 Å². The molecule has 0 spiro atoms. The first-order chi connectivity index (χ1) is 10.9. The molecule has 1 saturated carbocycles. The van der Waals surface area contributed by atoms with Gasteiger partial charge in [0.15, 0.2) is 6.10 Å². The number of rotatable bonds is 3.